The van der Waals surface area contributed by atoms with E-state index in [9.17, 15) is 14.0 Å². The van der Waals surface area contributed by atoms with Gasteiger partial charge in [-0.3, -0.25) is 4.79 Å². The number of anilines is 1. The highest BCUT2D eigenvalue weighted by Crippen LogP contribution is 2.44. The summed E-state index contributed by atoms with van der Waals surface area (Å²) in [7, 11) is 0. The van der Waals surface area contributed by atoms with Crippen LogP contribution in [0.1, 0.15) is 39.2 Å². The number of carbonyl (C=O) groups is 1. The summed E-state index contributed by atoms with van der Waals surface area (Å²) in [6, 6.07) is 17.1. The molecule has 6 rings (SSSR count). The summed E-state index contributed by atoms with van der Waals surface area (Å²) in [5.74, 6) is 0.473. The number of fused-ring (bicyclic) bond motifs is 1. The van der Waals surface area contributed by atoms with E-state index in [0.29, 0.717) is 43.3 Å². The fourth-order valence-electron chi connectivity index (χ4n) is 5.80. The van der Waals surface area contributed by atoms with Gasteiger partial charge in [-0.2, -0.15) is 14.9 Å². The maximum absolute atomic E-state index is 13.9. The molecule has 2 aromatic carbocycles. The van der Waals surface area contributed by atoms with Crippen LogP contribution in [0.4, 0.5) is 15.0 Å². The van der Waals surface area contributed by atoms with E-state index in [1.807, 2.05) is 56.6 Å². The summed E-state index contributed by atoms with van der Waals surface area (Å²) in [4.78, 5) is 27.4. The monoisotopic (exact) mass is 570 g/mol. The maximum atomic E-state index is 13.9. The second-order valence-electron chi connectivity index (χ2n) is 12.3. The van der Waals surface area contributed by atoms with Crippen LogP contribution in [0, 0.1) is 18.2 Å². The van der Waals surface area contributed by atoms with Gasteiger partial charge in [0.25, 0.3) is 5.56 Å². The molecule has 2 aliphatic rings. The van der Waals surface area contributed by atoms with Crippen molar-refractivity contribution >= 4 is 11.9 Å². The number of aryl methyl sites for hydroxylation is 1. The van der Waals surface area contributed by atoms with Crippen molar-refractivity contribution in [1.29, 1.82) is 0 Å². The zero-order valence-electron chi connectivity index (χ0n) is 24.4. The number of halogens is 1. The van der Waals surface area contributed by atoms with Gasteiger partial charge in [-0.15, -0.1) is 0 Å². The van der Waals surface area contributed by atoms with E-state index in [1.165, 1.54) is 22.9 Å². The summed E-state index contributed by atoms with van der Waals surface area (Å²) in [6.07, 6.45) is 1.32. The zero-order valence-corrected chi connectivity index (χ0v) is 24.4. The van der Waals surface area contributed by atoms with Crippen LogP contribution in [-0.4, -0.2) is 55.8 Å². The smallest absolute Gasteiger partial charge is 0.410 e. The molecule has 0 saturated carbocycles. The van der Waals surface area contributed by atoms with Gasteiger partial charge in [-0.05, 0) is 82.5 Å². The van der Waals surface area contributed by atoms with Crippen LogP contribution in [0.3, 0.4) is 0 Å². The van der Waals surface area contributed by atoms with Gasteiger partial charge in [0.2, 0.25) is 0 Å². The van der Waals surface area contributed by atoms with Crippen molar-refractivity contribution in [1.82, 2.24) is 24.5 Å². The Bertz CT molecular complexity index is 1690. The Kier molecular flexibility index (Phi) is 6.87. The van der Waals surface area contributed by atoms with E-state index in [1.54, 1.807) is 23.1 Å². The Morgan fingerprint density at radius 1 is 1.00 bits per heavy atom. The second kappa shape index (κ2) is 10.4. The standard InChI is InChI=1S/C32H35FN6O3/c1-21-7-5-6-8-25(21)39-26(40)14-13-24(35-39)27-28(22-9-11-23(33)12-10-22)36-38-20-32(19-34-29(27)38)15-17-37(18-16-32)30(41)42-31(2,3)4/h5-14,34H,15-20H2,1-4H3. The van der Waals surface area contributed by atoms with Crippen LogP contribution in [0.25, 0.3) is 28.2 Å². The Hall–Kier alpha value is -4.47. The molecule has 0 aliphatic carbocycles. The number of hydrogen-bond donors (Lipinski definition) is 1. The average Bonchev–Trinajstić information content (AvgIpc) is 3.32. The van der Waals surface area contributed by atoms with Crippen LogP contribution in [0.15, 0.2) is 65.5 Å². The van der Waals surface area contributed by atoms with Crippen molar-refractivity contribution in [2.75, 3.05) is 25.0 Å². The molecule has 1 saturated heterocycles. The van der Waals surface area contributed by atoms with Gasteiger partial charge < -0.3 is 15.0 Å². The van der Waals surface area contributed by atoms with Gasteiger partial charge in [-0.25, -0.2) is 13.9 Å². The van der Waals surface area contributed by atoms with Gasteiger partial charge in [0.05, 0.1) is 23.5 Å². The van der Waals surface area contributed by atoms with Crippen LogP contribution in [0.5, 0.6) is 0 Å². The third-order valence-electron chi connectivity index (χ3n) is 8.06. The van der Waals surface area contributed by atoms with Crippen LogP contribution in [-0.2, 0) is 11.3 Å². The molecule has 0 radical (unpaired) electrons. The lowest BCUT2D eigenvalue weighted by Gasteiger charge is -2.44. The number of carbonyl (C=O) groups excluding carboxylic acids is 1. The number of aromatic nitrogens is 4. The number of benzene rings is 2. The molecule has 218 valence electrons. The van der Waals surface area contributed by atoms with Gasteiger partial charge in [0.1, 0.15) is 22.9 Å². The van der Waals surface area contributed by atoms with Crippen molar-refractivity contribution in [3.05, 3.63) is 82.4 Å². The molecule has 1 N–H and O–H groups in total. The molecular formula is C32H35FN6O3. The number of piperidine rings is 1. The highest BCUT2D eigenvalue weighted by atomic mass is 19.1. The second-order valence-corrected chi connectivity index (χ2v) is 12.3. The van der Waals surface area contributed by atoms with Crippen molar-refractivity contribution in [3.63, 3.8) is 0 Å². The first kappa shape index (κ1) is 27.7. The highest BCUT2D eigenvalue weighted by Gasteiger charge is 2.41. The SMILES string of the molecule is Cc1ccccc1-n1nc(-c2c(-c3ccc(F)cc3)nn3c2NCC2(CCN(C(=O)OC(C)(C)C)CC2)C3)ccc1=O. The first-order valence-corrected chi connectivity index (χ1v) is 14.3. The fraction of sp³-hybridized carbons (Fsp3) is 0.375. The number of amides is 1. The van der Waals surface area contributed by atoms with Gasteiger partial charge >= 0.3 is 6.09 Å². The lowest BCUT2D eigenvalue weighted by atomic mass is 9.77. The van der Waals surface area contributed by atoms with Gasteiger partial charge in [-0.1, -0.05) is 18.2 Å². The van der Waals surface area contributed by atoms with Crippen molar-refractivity contribution in [3.8, 4) is 28.2 Å². The van der Waals surface area contributed by atoms with Crippen LogP contribution < -0.4 is 10.9 Å². The lowest BCUT2D eigenvalue weighted by Crippen LogP contribution is -2.50. The molecule has 42 heavy (non-hydrogen) atoms. The summed E-state index contributed by atoms with van der Waals surface area (Å²) in [5, 5.41) is 13.4. The summed E-state index contributed by atoms with van der Waals surface area (Å²) in [6.45, 7) is 10.1. The normalized spacial score (nSPS) is 16.2. The van der Waals surface area contributed by atoms with Crippen LogP contribution in [0.2, 0.25) is 0 Å². The largest absolute Gasteiger partial charge is 0.444 e. The molecule has 2 aromatic heterocycles. The number of likely N-dealkylation sites (tertiary alicyclic amines) is 1. The Labute approximate surface area is 243 Å². The maximum Gasteiger partial charge on any atom is 0.410 e. The first-order valence-electron chi connectivity index (χ1n) is 14.3. The summed E-state index contributed by atoms with van der Waals surface area (Å²) >= 11 is 0. The Morgan fingerprint density at radius 3 is 2.40 bits per heavy atom. The minimum Gasteiger partial charge on any atom is -0.444 e. The summed E-state index contributed by atoms with van der Waals surface area (Å²) < 4.78 is 22.8. The Balaban J connectivity index is 1.37. The van der Waals surface area contributed by atoms with Crippen LogP contribution >= 0.6 is 0 Å². The summed E-state index contributed by atoms with van der Waals surface area (Å²) in [5.41, 5.74) is 3.51. The van der Waals surface area contributed by atoms with Gasteiger partial charge in [0, 0.05) is 36.7 Å². The van der Waals surface area contributed by atoms with E-state index in [4.69, 9.17) is 14.9 Å². The number of rotatable bonds is 3. The van der Waals surface area contributed by atoms with Crippen molar-refractivity contribution < 1.29 is 13.9 Å². The molecule has 9 nitrogen and oxygen atoms in total. The number of ether oxygens (including phenoxy) is 1. The van der Waals surface area contributed by atoms with E-state index in [2.05, 4.69) is 5.32 Å². The zero-order chi connectivity index (χ0) is 29.6. The lowest BCUT2D eigenvalue weighted by molar-refractivity contribution is 0.00825. The predicted molar refractivity (Wildman–Crippen MR) is 159 cm³/mol. The molecule has 0 unspecified atom stereocenters. The van der Waals surface area contributed by atoms with E-state index in [-0.39, 0.29) is 22.9 Å². The average molecular weight is 571 g/mol. The van der Waals surface area contributed by atoms with Gasteiger partial charge in [0.15, 0.2) is 0 Å². The molecule has 1 amide bonds. The fourth-order valence-corrected chi connectivity index (χ4v) is 5.80. The van der Waals surface area contributed by atoms with E-state index < -0.39 is 5.60 Å². The molecule has 4 heterocycles. The minimum atomic E-state index is -0.536. The molecule has 4 aromatic rings. The van der Waals surface area contributed by atoms with Crippen molar-refractivity contribution in [2.24, 2.45) is 5.41 Å². The van der Waals surface area contributed by atoms with Crippen molar-refractivity contribution in [2.45, 2.75) is 52.7 Å². The molecule has 0 bridgehead atoms. The molecule has 1 spiro atoms. The third kappa shape index (κ3) is 5.29. The third-order valence-corrected chi connectivity index (χ3v) is 8.06. The molecule has 10 heteroatoms. The number of nitrogens with zero attached hydrogens (tertiary/aromatic N) is 5. The number of nitrogens with one attached hydrogen (secondary N) is 1. The quantitative estimate of drug-likeness (QED) is 0.342. The van der Waals surface area contributed by atoms with E-state index >= 15 is 0 Å². The molecule has 2 aliphatic heterocycles. The van der Waals surface area contributed by atoms with E-state index in [0.717, 1.165) is 35.3 Å². The molecule has 0 atom stereocenters. The Morgan fingerprint density at radius 2 is 1.71 bits per heavy atom. The molecule has 1 fully saturated rings. The predicted octanol–water partition coefficient (Wildman–Crippen LogP) is 5.65. The highest BCUT2D eigenvalue weighted by molar-refractivity contribution is 5.87. The first-order chi connectivity index (χ1) is 20.0. The number of para-hydroxylation sites is 1. The topological polar surface area (TPSA) is 94.3 Å². The minimum absolute atomic E-state index is 0.0950. The molecular weight excluding hydrogens is 535 g/mol. The number of hydrogen-bond acceptors (Lipinski definition) is 6.